The maximum Gasteiger partial charge on any atom is 0.303 e. The van der Waals surface area contributed by atoms with Crippen LogP contribution in [0.1, 0.15) is 33.7 Å². The highest BCUT2D eigenvalue weighted by Crippen LogP contribution is 2.21. The molecule has 28 heavy (non-hydrogen) atoms. The number of fused-ring (bicyclic) bond motifs is 1. The largest absolute Gasteiger partial charge is 0.481 e. The van der Waals surface area contributed by atoms with Crippen molar-refractivity contribution in [3.8, 4) is 5.69 Å². The minimum Gasteiger partial charge on any atom is -0.481 e. The summed E-state index contributed by atoms with van der Waals surface area (Å²) in [6, 6.07) is 7.51. The van der Waals surface area contributed by atoms with Crippen LogP contribution in [0.15, 0.2) is 36.7 Å². The lowest BCUT2D eigenvalue weighted by Gasteiger charge is -2.28. The van der Waals surface area contributed by atoms with Crippen molar-refractivity contribution in [2.45, 2.75) is 32.9 Å². The van der Waals surface area contributed by atoms with Gasteiger partial charge in [0, 0.05) is 13.0 Å². The highest BCUT2D eigenvalue weighted by atomic mass is 16.4. The topological polar surface area (TPSA) is 106 Å². The molecule has 1 aliphatic heterocycles. The van der Waals surface area contributed by atoms with Crippen LogP contribution in [0.5, 0.6) is 0 Å². The normalized spacial score (nSPS) is 13.4. The van der Waals surface area contributed by atoms with Gasteiger partial charge in [-0.15, -0.1) is 0 Å². The Hall–Kier alpha value is -3.49. The molecule has 9 heteroatoms. The fourth-order valence-corrected chi connectivity index (χ4v) is 3.36. The number of carbonyl (C=O) groups excluding carboxylic acids is 1. The van der Waals surface area contributed by atoms with Crippen molar-refractivity contribution < 1.29 is 14.7 Å². The van der Waals surface area contributed by atoms with Crippen molar-refractivity contribution in [3.05, 3.63) is 59.2 Å². The maximum absolute atomic E-state index is 13.2. The summed E-state index contributed by atoms with van der Waals surface area (Å²) < 4.78 is 1.85. The molecule has 0 unspecified atom stereocenters. The first-order valence-corrected chi connectivity index (χ1v) is 9.05. The SMILES string of the molecule is Cc1ccc(-n2nccn2)c(C(=O)N2CCn3nc(CCC(=O)O)cc3C2)c1. The zero-order valence-electron chi connectivity index (χ0n) is 15.4. The van der Waals surface area contributed by atoms with E-state index in [0.717, 1.165) is 17.0 Å². The van der Waals surface area contributed by atoms with E-state index in [0.29, 0.717) is 37.3 Å². The number of carboxylic acids is 1. The number of nitrogens with zero attached hydrogens (tertiary/aromatic N) is 6. The molecule has 1 aromatic carbocycles. The Kier molecular flexibility index (Phi) is 4.64. The fourth-order valence-electron chi connectivity index (χ4n) is 3.36. The zero-order chi connectivity index (χ0) is 19.7. The van der Waals surface area contributed by atoms with Crippen LogP contribution < -0.4 is 0 Å². The Balaban J connectivity index is 1.57. The molecule has 0 saturated carbocycles. The average Bonchev–Trinajstić information content (AvgIpc) is 3.34. The van der Waals surface area contributed by atoms with E-state index in [9.17, 15) is 9.59 Å². The van der Waals surface area contributed by atoms with Gasteiger partial charge in [0.25, 0.3) is 5.91 Å². The fraction of sp³-hybridized carbons (Fsp3) is 0.316. The molecule has 1 amide bonds. The van der Waals surface area contributed by atoms with Crippen LogP contribution in [0.2, 0.25) is 0 Å². The molecule has 0 spiro atoms. The second kappa shape index (κ2) is 7.26. The molecule has 9 nitrogen and oxygen atoms in total. The first kappa shape index (κ1) is 17.9. The van der Waals surface area contributed by atoms with Gasteiger partial charge in [-0.2, -0.15) is 20.1 Å². The van der Waals surface area contributed by atoms with E-state index < -0.39 is 5.97 Å². The quantitative estimate of drug-likeness (QED) is 0.718. The van der Waals surface area contributed by atoms with Crippen LogP contribution >= 0.6 is 0 Å². The number of carbonyl (C=O) groups is 2. The third kappa shape index (κ3) is 3.51. The summed E-state index contributed by atoms with van der Waals surface area (Å²) >= 11 is 0. The number of aryl methyl sites for hydroxylation is 2. The molecule has 0 aliphatic carbocycles. The number of amides is 1. The minimum absolute atomic E-state index is 0.0443. The van der Waals surface area contributed by atoms with Crippen molar-refractivity contribution in [2.75, 3.05) is 6.54 Å². The lowest BCUT2D eigenvalue weighted by Crippen LogP contribution is -2.38. The van der Waals surface area contributed by atoms with Crippen LogP contribution in [0, 0.1) is 6.92 Å². The van der Waals surface area contributed by atoms with E-state index in [1.165, 1.54) is 4.80 Å². The monoisotopic (exact) mass is 380 g/mol. The van der Waals surface area contributed by atoms with Gasteiger partial charge in [0.2, 0.25) is 0 Å². The van der Waals surface area contributed by atoms with E-state index in [2.05, 4.69) is 15.3 Å². The highest BCUT2D eigenvalue weighted by Gasteiger charge is 2.26. The summed E-state index contributed by atoms with van der Waals surface area (Å²) in [4.78, 5) is 27.2. The van der Waals surface area contributed by atoms with Gasteiger partial charge in [0.15, 0.2) is 0 Å². The van der Waals surface area contributed by atoms with Gasteiger partial charge in [-0.25, -0.2) is 0 Å². The Morgan fingerprint density at radius 3 is 2.68 bits per heavy atom. The third-order valence-corrected chi connectivity index (χ3v) is 4.75. The molecule has 2 aromatic heterocycles. The van der Waals surface area contributed by atoms with Gasteiger partial charge < -0.3 is 10.0 Å². The van der Waals surface area contributed by atoms with Crippen LogP contribution in [0.3, 0.4) is 0 Å². The predicted molar refractivity (Wildman–Crippen MR) is 99.0 cm³/mol. The molecule has 0 radical (unpaired) electrons. The van der Waals surface area contributed by atoms with Crippen molar-refractivity contribution in [3.63, 3.8) is 0 Å². The molecule has 0 fully saturated rings. The minimum atomic E-state index is -0.845. The first-order chi connectivity index (χ1) is 13.5. The standard InChI is InChI=1S/C19H20N6O3/c1-13-2-4-17(25-20-6-7-21-25)16(10-13)19(28)23-8-9-24-15(12-23)11-14(22-24)3-5-18(26)27/h2,4,6-7,10-11H,3,5,8-9,12H2,1H3,(H,26,27). The molecule has 3 aromatic rings. The molecular weight excluding hydrogens is 360 g/mol. The summed E-state index contributed by atoms with van der Waals surface area (Å²) in [5.74, 6) is -0.933. The molecule has 3 heterocycles. The number of carboxylic acid groups (broad SMARTS) is 1. The molecule has 4 rings (SSSR count). The molecule has 1 aliphatic rings. The van der Waals surface area contributed by atoms with Gasteiger partial charge in [0.05, 0.1) is 54.5 Å². The summed E-state index contributed by atoms with van der Waals surface area (Å²) in [5.41, 5.74) is 3.82. The van der Waals surface area contributed by atoms with E-state index in [1.54, 1.807) is 17.3 Å². The zero-order valence-corrected chi connectivity index (χ0v) is 15.4. The second-order valence-corrected chi connectivity index (χ2v) is 6.81. The van der Waals surface area contributed by atoms with E-state index in [4.69, 9.17) is 5.11 Å². The molecule has 0 atom stereocenters. The van der Waals surface area contributed by atoms with Gasteiger partial charge >= 0.3 is 5.97 Å². The summed E-state index contributed by atoms with van der Waals surface area (Å²) in [5, 5.41) is 21.6. The molecule has 0 bridgehead atoms. The number of benzene rings is 1. The van der Waals surface area contributed by atoms with Crippen LogP contribution in [-0.4, -0.2) is 53.2 Å². The maximum atomic E-state index is 13.2. The Morgan fingerprint density at radius 2 is 1.93 bits per heavy atom. The average molecular weight is 380 g/mol. The van der Waals surface area contributed by atoms with Gasteiger partial charge in [-0.1, -0.05) is 11.6 Å². The molecular formula is C19H20N6O3. The Bertz CT molecular complexity index is 1020. The predicted octanol–water partition coefficient (Wildman–Crippen LogP) is 1.45. The van der Waals surface area contributed by atoms with Crippen LogP contribution in [-0.2, 0) is 24.3 Å². The smallest absolute Gasteiger partial charge is 0.303 e. The first-order valence-electron chi connectivity index (χ1n) is 9.05. The third-order valence-electron chi connectivity index (χ3n) is 4.75. The van der Waals surface area contributed by atoms with Crippen LogP contribution in [0.4, 0.5) is 0 Å². The number of aromatic nitrogens is 5. The van der Waals surface area contributed by atoms with Gasteiger partial charge in [0.1, 0.15) is 0 Å². The van der Waals surface area contributed by atoms with E-state index in [-0.39, 0.29) is 12.3 Å². The number of rotatable bonds is 5. The molecule has 1 N–H and O–H groups in total. The summed E-state index contributed by atoms with van der Waals surface area (Å²) in [6.45, 7) is 3.48. The summed E-state index contributed by atoms with van der Waals surface area (Å²) in [7, 11) is 0. The van der Waals surface area contributed by atoms with Gasteiger partial charge in [-0.05, 0) is 25.1 Å². The van der Waals surface area contributed by atoms with Crippen molar-refractivity contribution in [1.29, 1.82) is 0 Å². The Morgan fingerprint density at radius 1 is 1.14 bits per heavy atom. The van der Waals surface area contributed by atoms with Crippen molar-refractivity contribution in [1.82, 2.24) is 29.7 Å². The lowest BCUT2D eigenvalue weighted by atomic mass is 10.1. The molecule has 144 valence electrons. The van der Waals surface area contributed by atoms with Crippen molar-refractivity contribution in [2.24, 2.45) is 0 Å². The Labute approximate surface area is 161 Å². The lowest BCUT2D eigenvalue weighted by molar-refractivity contribution is -0.136. The number of hydrogen-bond acceptors (Lipinski definition) is 5. The highest BCUT2D eigenvalue weighted by molar-refractivity contribution is 5.98. The number of aliphatic carboxylic acids is 1. The van der Waals surface area contributed by atoms with Gasteiger partial charge in [-0.3, -0.25) is 14.3 Å². The van der Waals surface area contributed by atoms with E-state index in [1.807, 2.05) is 35.9 Å². The van der Waals surface area contributed by atoms with Crippen molar-refractivity contribution >= 4 is 11.9 Å². The summed E-state index contributed by atoms with van der Waals surface area (Å²) in [6.07, 6.45) is 3.58. The number of hydrogen-bond donors (Lipinski definition) is 1. The second-order valence-electron chi connectivity index (χ2n) is 6.81. The van der Waals surface area contributed by atoms with Crippen LogP contribution in [0.25, 0.3) is 5.69 Å². The molecule has 0 saturated heterocycles. The van der Waals surface area contributed by atoms with E-state index >= 15 is 0 Å².